The number of pyridine rings is 1. The molecule has 0 N–H and O–H groups in total. The lowest BCUT2D eigenvalue weighted by atomic mass is 10.0. The monoisotopic (exact) mass is 403 g/mol. The number of aryl methyl sites for hydroxylation is 1. The molecule has 0 amide bonds. The van der Waals surface area contributed by atoms with Crippen molar-refractivity contribution in [1.82, 2.24) is 19.9 Å². The lowest BCUT2D eigenvalue weighted by molar-refractivity contribution is -0.0351. The summed E-state index contributed by atoms with van der Waals surface area (Å²) in [5.74, 6) is 0.730. The third kappa shape index (κ3) is 5.01. The van der Waals surface area contributed by atoms with Gasteiger partial charge in [0.1, 0.15) is 6.10 Å². The van der Waals surface area contributed by atoms with Crippen LogP contribution in [0.15, 0.2) is 54.9 Å². The molecule has 0 spiro atoms. The van der Waals surface area contributed by atoms with Crippen LogP contribution < -0.4 is 4.90 Å². The molecule has 1 aliphatic rings. The van der Waals surface area contributed by atoms with Gasteiger partial charge in [0.2, 0.25) is 5.95 Å². The van der Waals surface area contributed by atoms with Gasteiger partial charge in [-0.1, -0.05) is 30.3 Å². The summed E-state index contributed by atoms with van der Waals surface area (Å²) >= 11 is 0. The maximum absolute atomic E-state index is 6.07. The number of nitrogens with zero attached hydrogens (tertiary/aromatic N) is 5. The minimum atomic E-state index is -0.0162. The van der Waals surface area contributed by atoms with Crippen molar-refractivity contribution < 1.29 is 4.74 Å². The van der Waals surface area contributed by atoms with Crippen LogP contribution in [0.25, 0.3) is 0 Å². The Morgan fingerprint density at radius 1 is 1.07 bits per heavy atom. The number of rotatable bonds is 6. The van der Waals surface area contributed by atoms with Crippen molar-refractivity contribution in [3.8, 4) is 0 Å². The van der Waals surface area contributed by atoms with Crippen molar-refractivity contribution in [2.45, 2.75) is 26.0 Å². The number of morpholine rings is 1. The predicted molar refractivity (Wildman–Crippen MR) is 119 cm³/mol. The van der Waals surface area contributed by atoms with Gasteiger partial charge in [0.15, 0.2) is 0 Å². The van der Waals surface area contributed by atoms with Crippen LogP contribution in [0.3, 0.4) is 0 Å². The van der Waals surface area contributed by atoms with Gasteiger partial charge in [-0.15, -0.1) is 0 Å². The number of anilines is 1. The van der Waals surface area contributed by atoms with Gasteiger partial charge >= 0.3 is 0 Å². The molecular formula is C24H29N5O. The molecule has 0 unspecified atom stereocenters. The molecule has 1 fully saturated rings. The maximum atomic E-state index is 6.07. The van der Waals surface area contributed by atoms with Crippen LogP contribution in [0.4, 0.5) is 5.95 Å². The molecule has 1 aromatic carbocycles. The summed E-state index contributed by atoms with van der Waals surface area (Å²) in [5.41, 5.74) is 5.81. The van der Waals surface area contributed by atoms with E-state index in [-0.39, 0.29) is 6.10 Å². The van der Waals surface area contributed by atoms with E-state index >= 15 is 0 Å². The van der Waals surface area contributed by atoms with Crippen molar-refractivity contribution >= 4 is 5.95 Å². The fourth-order valence-corrected chi connectivity index (χ4v) is 3.72. The van der Waals surface area contributed by atoms with Crippen LogP contribution in [0.2, 0.25) is 0 Å². The predicted octanol–water partition coefficient (Wildman–Crippen LogP) is 3.41. The second-order valence-corrected chi connectivity index (χ2v) is 8.04. The lowest BCUT2D eigenvalue weighted by Gasteiger charge is -2.32. The Morgan fingerprint density at radius 2 is 1.87 bits per heavy atom. The Labute approximate surface area is 178 Å². The van der Waals surface area contributed by atoms with Crippen LogP contribution in [0.5, 0.6) is 0 Å². The maximum Gasteiger partial charge on any atom is 0.224 e. The molecule has 1 aliphatic heterocycles. The molecule has 6 nitrogen and oxygen atoms in total. The first-order valence-electron chi connectivity index (χ1n) is 10.4. The molecule has 1 saturated heterocycles. The minimum Gasteiger partial charge on any atom is -0.369 e. The second kappa shape index (κ2) is 9.32. The highest BCUT2D eigenvalue weighted by Crippen LogP contribution is 2.23. The Kier molecular flexibility index (Phi) is 6.35. The molecule has 3 aromatic rings. The molecule has 0 bridgehead atoms. The highest BCUT2D eigenvalue weighted by molar-refractivity contribution is 5.30. The fraction of sp³-hybridized carbons (Fsp3) is 0.375. The van der Waals surface area contributed by atoms with Crippen molar-refractivity contribution in [3.63, 3.8) is 0 Å². The van der Waals surface area contributed by atoms with Crippen LogP contribution in [-0.2, 0) is 17.7 Å². The van der Waals surface area contributed by atoms with E-state index < -0.39 is 0 Å². The summed E-state index contributed by atoms with van der Waals surface area (Å²) in [6, 6.07) is 14.7. The molecule has 3 heterocycles. The van der Waals surface area contributed by atoms with E-state index in [9.17, 15) is 0 Å². The third-order valence-electron chi connectivity index (χ3n) is 5.44. The van der Waals surface area contributed by atoms with E-state index in [4.69, 9.17) is 9.72 Å². The highest BCUT2D eigenvalue weighted by Gasteiger charge is 2.23. The number of hydrogen-bond donors (Lipinski definition) is 0. The lowest BCUT2D eigenvalue weighted by Crippen LogP contribution is -2.38. The van der Waals surface area contributed by atoms with Crippen LogP contribution in [-0.4, -0.2) is 53.6 Å². The van der Waals surface area contributed by atoms with Gasteiger partial charge < -0.3 is 9.64 Å². The van der Waals surface area contributed by atoms with E-state index in [2.05, 4.69) is 64.3 Å². The zero-order valence-corrected chi connectivity index (χ0v) is 18.0. The van der Waals surface area contributed by atoms with Crippen molar-refractivity contribution in [2.24, 2.45) is 0 Å². The van der Waals surface area contributed by atoms with E-state index in [1.165, 1.54) is 11.1 Å². The standard InChI is InChI=1S/C24H29N5O/c1-18-7-4-5-8-20(18)13-21-9-6-10-22(27-21)23-17-29(11-12-30-23)16-19-14-25-24(26-15-19)28(2)3/h4-10,14-15,23H,11-13,16-17H2,1-3H3/t23-/m0/s1. The van der Waals surface area contributed by atoms with Gasteiger partial charge in [0, 0.05) is 63.8 Å². The van der Waals surface area contributed by atoms with Crippen molar-refractivity contribution in [1.29, 1.82) is 0 Å². The first-order chi connectivity index (χ1) is 14.6. The molecule has 30 heavy (non-hydrogen) atoms. The SMILES string of the molecule is Cc1ccccc1Cc1cccc([C@@H]2CN(Cc3cnc(N(C)C)nc3)CCO2)n1. The first kappa shape index (κ1) is 20.4. The van der Waals surface area contributed by atoms with Gasteiger partial charge in [0.05, 0.1) is 12.3 Å². The largest absolute Gasteiger partial charge is 0.369 e. The quantitative estimate of drug-likeness (QED) is 0.629. The summed E-state index contributed by atoms with van der Waals surface area (Å²) in [4.78, 5) is 18.1. The van der Waals surface area contributed by atoms with Gasteiger partial charge in [-0.2, -0.15) is 0 Å². The number of benzene rings is 1. The summed E-state index contributed by atoms with van der Waals surface area (Å²) in [6.07, 6.45) is 4.64. The average molecular weight is 404 g/mol. The van der Waals surface area contributed by atoms with Crippen molar-refractivity contribution in [2.75, 3.05) is 38.7 Å². The highest BCUT2D eigenvalue weighted by atomic mass is 16.5. The number of ether oxygens (including phenoxy) is 1. The Morgan fingerprint density at radius 3 is 2.63 bits per heavy atom. The molecule has 0 saturated carbocycles. The minimum absolute atomic E-state index is 0.0162. The molecule has 6 heteroatoms. The zero-order chi connectivity index (χ0) is 20.9. The Balaban J connectivity index is 1.42. The van der Waals surface area contributed by atoms with Gasteiger partial charge in [-0.25, -0.2) is 9.97 Å². The van der Waals surface area contributed by atoms with Gasteiger partial charge in [0.25, 0.3) is 0 Å². The van der Waals surface area contributed by atoms with E-state index in [0.29, 0.717) is 6.61 Å². The molecule has 2 aromatic heterocycles. The normalized spacial score (nSPS) is 17.1. The molecule has 1 atom stereocenters. The topological polar surface area (TPSA) is 54.4 Å². The number of hydrogen-bond acceptors (Lipinski definition) is 6. The van der Waals surface area contributed by atoms with Crippen LogP contribution >= 0.6 is 0 Å². The Hall–Kier alpha value is -2.83. The van der Waals surface area contributed by atoms with Gasteiger partial charge in [-0.05, 0) is 30.2 Å². The zero-order valence-electron chi connectivity index (χ0n) is 18.0. The number of aromatic nitrogens is 3. The summed E-state index contributed by atoms with van der Waals surface area (Å²) in [5, 5.41) is 0. The third-order valence-corrected chi connectivity index (χ3v) is 5.44. The van der Waals surface area contributed by atoms with E-state index in [1.807, 2.05) is 31.4 Å². The summed E-state index contributed by atoms with van der Waals surface area (Å²) in [7, 11) is 3.89. The van der Waals surface area contributed by atoms with Crippen molar-refractivity contribution in [3.05, 3.63) is 82.9 Å². The van der Waals surface area contributed by atoms with E-state index in [1.54, 1.807) is 0 Å². The average Bonchev–Trinajstić information content (AvgIpc) is 2.76. The fourth-order valence-electron chi connectivity index (χ4n) is 3.72. The molecule has 156 valence electrons. The molecule has 0 radical (unpaired) electrons. The first-order valence-corrected chi connectivity index (χ1v) is 10.4. The van der Waals surface area contributed by atoms with E-state index in [0.717, 1.165) is 49.0 Å². The molecular weight excluding hydrogens is 374 g/mol. The second-order valence-electron chi connectivity index (χ2n) is 8.04. The smallest absolute Gasteiger partial charge is 0.224 e. The molecule has 0 aliphatic carbocycles. The molecule has 4 rings (SSSR count). The van der Waals surface area contributed by atoms with Crippen LogP contribution in [0, 0.1) is 6.92 Å². The van der Waals surface area contributed by atoms with Gasteiger partial charge in [-0.3, -0.25) is 9.88 Å². The Bertz CT molecular complexity index is 973. The summed E-state index contributed by atoms with van der Waals surface area (Å²) < 4.78 is 6.07. The van der Waals surface area contributed by atoms with Crippen LogP contribution in [0.1, 0.15) is 34.2 Å². The summed E-state index contributed by atoms with van der Waals surface area (Å²) in [6.45, 7) is 5.38.